The van der Waals surface area contributed by atoms with E-state index in [-0.39, 0.29) is 24.7 Å². The second-order valence-corrected chi connectivity index (χ2v) is 5.70. The van der Waals surface area contributed by atoms with Crippen molar-refractivity contribution in [3.05, 3.63) is 53.6 Å². The van der Waals surface area contributed by atoms with E-state index in [0.29, 0.717) is 11.5 Å². The molecular weight excluding hydrogens is 398 g/mol. The Labute approximate surface area is 162 Å². The predicted octanol–water partition coefficient (Wildman–Crippen LogP) is 3.95. The zero-order chi connectivity index (χ0) is 20.8. The summed E-state index contributed by atoms with van der Waals surface area (Å²) in [4.78, 5) is 12.0. The topological polar surface area (TPSA) is 66.0 Å². The van der Waals surface area contributed by atoms with Gasteiger partial charge in [0.1, 0.15) is 11.5 Å². The number of benzene rings is 2. The van der Waals surface area contributed by atoms with Gasteiger partial charge in [0, 0.05) is 24.3 Å². The lowest BCUT2D eigenvalue weighted by atomic mass is 10.1. The second-order valence-electron chi connectivity index (χ2n) is 5.70. The van der Waals surface area contributed by atoms with Crippen molar-refractivity contribution in [1.29, 1.82) is 0 Å². The van der Waals surface area contributed by atoms with E-state index in [1.807, 2.05) is 0 Å². The molecule has 0 saturated heterocycles. The molecule has 2 aromatic rings. The summed E-state index contributed by atoms with van der Waals surface area (Å²) in [6.07, 6.45) is 2.33. The van der Waals surface area contributed by atoms with Crippen LogP contribution in [0.1, 0.15) is 11.1 Å². The van der Waals surface area contributed by atoms with Crippen LogP contribution in [0, 0.1) is 0 Å². The molecule has 0 bridgehead atoms. The van der Waals surface area contributed by atoms with E-state index < -0.39 is 24.9 Å². The number of amides is 1. The summed E-state index contributed by atoms with van der Waals surface area (Å²) in [6, 6.07) is 8.46. The molecule has 0 fully saturated rings. The Kier molecular flexibility index (Phi) is 6.43. The van der Waals surface area contributed by atoms with Gasteiger partial charge in [-0.3, -0.25) is 4.79 Å². The van der Waals surface area contributed by atoms with Crippen LogP contribution in [-0.4, -0.2) is 25.9 Å². The standard InChI is InChI=1S/C19H15F4NO5/c20-18(21)28-13-4-2-12(15(8-13)29-19(22)23)3-6-17(25)24-9-11-1-5-14-16(7-11)27-10-26-14/h1-8,18-19H,9-10H2,(H,24,25)/b6-3+. The van der Waals surface area contributed by atoms with Gasteiger partial charge < -0.3 is 24.3 Å². The van der Waals surface area contributed by atoms with E-state index in [0.717, 1.165) is 23.8 Å². The predicted molar refractivity (Wildman–Crippen MR) is 93.2 cm³/mol. The summed E-state index contributed by atoms with van der Waals surface area (Å²) in [5.74, 6) is -0.0606. The Balaban J connectivity index is 1.63. The number of nitrogens with one attached hydrogen (secondary N) is 1. The maximum absolute atomic E-state index is 12.6. The SMILES string of the molecule is O=C(/C=C/c1ccc(OC(F)F)cc1OC(F)F)NCc1ccc2c(c1)OCO2. The summed E-state index contributed by atoms with van der Waals surface area (Å²) < 4.78 is 68.6. The molecule has 0 unspecified atom stereocenters. The Hall–Kier alpha value is -3.43. The maximum Gasteiger partial charge on any atom is 0.387 e. The van der Waals surface area contributed by atoms with Crippen molar-refractivity contribution in [2.24, 2.45) is 0 Å². The van der Waals surface area contributed by atoms with Crippen LogP contribution < -0.4 is 24.3 Å². The third-order valence-electron chi connectivity index (χ3n) is 3.74. The van der Waals surface area contributed by atoms with E-state index in [9.17, 15) is 22.4 Å². The number of fused-ring (bicyclic) bond motifs is 1. The number of carbonyl (C=O) groups excluding carboxylic acids is 1. The van der Waals surface area contributed by atoms with Crippen molar-refractivity contribution in [3.63, 3.8) is 0 Å². The zero-order valence-corrected chi connectivity index (χ0v) is 14.7. The van der Waals surface area contributed by atoms with Gasteiger partial charge in [-0.25, -0.2) is 0 Å². The second kappa shape index (κ2) is 9.18. The Morgan fingerprint density at radius 3 is 2.55 bits per heavy atom. The Bertz CT molecular complexity index is 904. The van der Waals surface area contributed by atoms with Gasteiger partial charge in [0.15, 0.2) is 11.5 Å². The molecule has 6 nitrogen and oxygen atoms in total. The minimum Gasteiger partial charge on any atom is -0.454 e. The lowest BCUT2D eigenvalue weighted by molar-refractivity contribution is -0.116. The number of halogens is 4. The molecule has 0 spiro atoms. The molecular formula is C19H15F4NO5. The molecule has 29 heavy (non-hydrogen) atoms. The summed E-state index contributed by atoms with van der Waals surface area (Å²) in [7, 11) is 0. The Morgan fingerprint density at radius 1 is 1.03 bits per heavy atom. The number of hydrogen-bond donors (Lipinski definition) is 1. The van der Waals surface area contributed by atoms with Crippen LogP contribution in [0.5, 0.6) is 23.0 Å². The number of rotatable bonds is 8. The first-order valence-electron chi connectivity index (χ1n) is 8.29. The number of hydrogen-bond acceptors (Lipinski definition) is 5. The van der Waals surface area contributed by atoms with Crippen molar-refractivity contribution in [3.8, 4) is 23.0 Å². The lowest BCUT2D eigenvalue weighted by Gasteiger charge is -2.11. The normalized spacial score (nSPS) is 12.6. The molecule has 1 aliphatic rings. The summed E-state index contributed by atoms with van der Waals surface area (Å²) in [5, 5.41) is 2.62. The quantitative estimate of drug-likeness (QED) is 0.525. The fraction of sp³-hybridized carbons (Fsp3) is 0.211. The molecule has 1 heterocycles. The maximum atomic E-state index is 12.6. The molecule has 0 aromatic heterocycles. The minimum absolute atomic E-state index is 0.0881. The number of carbonyl (C=O) groups is 1. The molecule has 0 atom stereocenters. The van der Waals surface area contributed by atoms with E-state index in [4.69, 9.17) is 9.47 Å². The Morgan fingerprint density at radius 2 is 1.79 bits per heavy atom. The average Bonchev–Trinajstić information content (AvgIpc) is 3.12. The van der Waals surface area contributed by atoms with Gasteiger partial charge in [-0.15, -0.1) is 0 Å². The van der Waals surface area contributed by atoms with E-state index in [1.165, 1.54) is 12.1 Å². The van der Waals surface area contributed by atoms with Crippen LogP contribution in [0.15, 0.2) is 42.5 Å². The first-order valence-corrected chi connectivity index (χ1v) is 8.29. The van der Waals surface area contributed by atoms with Crippen LogP contribution in [0.3, 0.4) is 0 Å². The fourth-order valence-corrected chi connectivity index (χ4v) is 2.49. The van der Waals surface area contributed by atoms with E-state index >= 15 is 0 Å². The van der Waals surface area contributed by atoms with Crippen LogP contribution in [0.2, 0.25) is 0 Å². The smallest absolute Gasteiger partial charge is 0.387 e. The molecule has 1 amide bonds. The highest BCUT2D eigenvalue weighted by atomic mass is 19.3. The number of ether oxygens (including phenoxy) is 4. The third-order valence-corrected chi connectivity index (χ3v) is 3.74. The summed E-state index contributed by atoms with van der Waals surface area (Å²) in [6.45, 7) is -5.96. The monoisotopic (exact) mass is 413 g/mol. The molecule has 0 radical (unpaired) electrons. The van der Waals surface area contributed by atoms with Gasteiger partial charge >= 0.3 is 13.2 Å². The first-order chi connectivity index (χ1) is 13.9. The van der Waals surface area contributed by atoms with Gasteiger partial charge in [-0.2, -0.15) is 17.6 Å². The van der Waals surface area contributed by atoms with Gasteiger partial charge in [0.2, 0.25) is 12.7 Å². The third kappa shape index (κ3) is 5.77. The van der Waals surface area contributed by atoms with Gasteiger partial charge in [-0.05, 0) is 35.9 Å². The molecule has 0 aliphatic carbocycles. The van der Waals surface area contributed by atoms with Crippen molar-refractivity contribution in [2.45, 2.75) is 19.8 Å². The zero-order valence-electron chi connectivity index (χ0n) is 14.7. The van der Waals surface area contributed by atoms with Crippen molar-refractivity contribution >= 4 is 12.0 Å². The molecule has 154 valence electrons. The fourth-order valence-electron chi connectivity index (χ4n) is 2.49. The molecule has 3 rings (SSSR count). The summed E-state index contributed by atoms with van der Waals surface area (Å²) >= 11 is 0. The van der Waals surface area contributed by atoms with Gasteiger partial charge in [0.05, 0.1) is 0 Å². The molecule has 1 N–H and O–H groups in total. The van der Waals surface area contributed by atoms with Crippen LogP contribution in [0.4, 0.5) is 17.6 Å². The summed E-state index contributed by atoms with van der Waals surface area (Å²) in [5.41, 5.74) is 0.858. The molecule has 0 saturated carbocycles. The van der Waals surface area contributed by atoms with Crippen LogP contribution in [0.25, 0.3) is 6.08 Å². The minimum atomic E-state index is -3.18. The number of alkyl halides is 4. The molecule has 2 aromatic carbocycles. The highest BCUT2D eigenvalue weighted by molar-refractivity contribution is 5.92. The largest absolute Gasteiger partial charge is 0.454 e. The van der Waals surface area contributed by atoms with Gasteiger partial charge in [0.25, 0.3) is 0 Å². The van der Waals surface area contributed by atoms with Crippen molar-refractivity contribution < 1.29 is 41.3 Å². The highest BCUT2D eigenvalue weighted by Gasteiger charge is 2.14. The van der Waals surface area contributed by atoms with E-state index in [1.54, 1.807) is 18.2 Å². The highest BCUT2D eigenvalue weighted by Crippen LogP contribution is 2.32. The van der Waals surface area contributed by atoms with Crippen molar-refractivity contribution in [2.75, 3.05) is 6.79 Å². The molecule has 10 heteroatoms. The lowest BCUT2D eigenvalue weighted by Crippen LogP contribution is -2.20. The van der Waals surface area contributed by atoms with Crippen LogP contribution in [-0.2, 0) is 11.3 Å². The van der Waals surface area contributed by atoms with Crippen molar-refractivity contribution in [1.82, 2.24) is 5.32 Å². The van der Waals surface area contributed by atoms with E-state index in [2.05, 4.69) is 14.8 Å². The van der Waals surface area contributed by atoms with Gasteiger partial charge in [-0.1, -0.05) is 6.07 Å². The first kappa shape index (κ1) is 20.3. The molecule has 1 aliphatic heterocycles. The average molecular weight is 413 g/mol. The van der Waals surface area contributed by atoms with Crippen LogP contribution >= 0.6 is 0 Å².